The molecule has 4 amide bonds. The van der Waals surface area contributed by atoms with E-state index in [2.05, 4.69) is 12.2 Å². The van der Waals surface area contributed by atoms with E-state index in [1.165, 1.54) is 4.90 Å². The van der Waals surface area contributed by atoms with Gasteiger partial charge in [0.1, 0.15) is 5.92 Å². The predicted molar refractivity (Wildman–Crippen MR) is 68.0 cm³/mol. The number of carbonyl (C=O) groups is 3. The summed E-state index contributed by atoms with van der Waals surface area (Å²) in [4.78, 5) is 37.5. The van der Waals surface area contributed by atoms with Gasteiger partial charge in [0.15, 0.2) is 0 Å². The van der Waals surface area contributed by atoms with Crippen molar-refractivity contribution < 1.29 is 14.4 Å². The Morgan fingerprint density at radius 3 is 2.42 bits per heavy atom. The molecule has 1 heterocycles. The number of urea groups is 1. The summed E-state index contributed by atoms with van der Waals surface area (Å²) in [5.74, 6) is -0.147. The first kappa shape index (κ1) is 12.6. The van der Waals surface area contributed by atoms with Crippen molar-refractivity contribution in [2.75, 3.05) is 6.54 Å². The van der Waals surface area contributed by atoms with E-state index in [0.717, 1.165) is 32.1 Å². The van der Waals surface area contributed by atoms with E-state index < -0.39 is 11.9 Å². The lowest BCUT2D eigenvalue weighted by molar-refractivity contribution is -0.145. The Balaban J connectivity index is 1.74. The van der Waals surface area contributed by atoms with Crippen LogP contribution in [0.5, 0.6) is 0 Å². The molecule has 3 rings (SSSR count). The quantitative estimate of drug-likeness (QED) is 0.786. The second-order valence-electron chi connectivity index (χ2n) is 6.24. The fourth-order valence-electron chi connectivity index (χ4n) is 3.40. The van der Waals surface area contributed by atoms with Crippen LogP contribution in [-0.4, -0.2) is 29.3 Å². The summed E-state index contributed by atoms with van der Waals surface area (Å²) < 4.78 is 0. The highest BCUT2D eigenvalue weighted by molar-refractivity contribution is 6.16. The van der Waals surface area contributed by atoms with Gasteiger partial charge in [-0.3, -0.25) is 19.8 Å². The van der Waals surface area contributed by atoms with E-state index in [1.54, 1.807) is 0 Å². The largest absolute Gasteiger partial charge is 0.330 e. The van der Waals surface area contributed by atoms with E-state index in [0.29, 0.717) is 18.4 Å². The van der Waals surface area contributed by atoms with Crippen molar-refractivity contribution >= 4 is 17.8 Å². The van der Waals surface area contributed by atoms with Crippen molar-refractivity contribution in [3.05, 3.63) is 0 Å². The molecule has 3 unspecified atom stereocenters. The molecule has 3 fully saturated rings. The van der Waals surface area contributed by atoms with Crippen molar-refractivity contribution in [2.45, 2.75) is 39.0 Å². The summed E-state index contributed by atoms with van der Waals surface area (Å²) in [6.07, 6.45) is 5.07. The van der Waals surface area contributed by atoms with Gasteiger partial charge in [0, 0.05) is 6.54 Å². The monoisotopic (exact) mass is 264 g/mol. The van der Waals surface area contributed by atoms with E-state index in [9.17, 15) is 14.4 Å². The molecule has 3 aliphatic rings. The van der Waals surface area contributed by atoms with E-state index in [1.807, 2.05) is 0 Å². The average molecular weight is 264 g/mol. The minimum absolute atomic E-state index is 0.125. The predicted octanol–water partition coefficient (Wildman–Crippen LogP) is 1.53. The number of imide groups is 2. The summed E-state index contributed by atoms with van der Waals surface area (Å²) in [5, 5.41) is 2.36. The van der Waals surface area contributed by atoms with Gasteiger partial charge < -0.3 is 0 Å². The average Bonchev–Trinajstić information content (AvgIpc) is 2.83. The van der Waals surface area contributed by atoms with Gasteiger partial charge in [0.25, 0.3) is 0 Å². The Kier molecular flexibility index (Phi) is 3.07. The van der Waals surface area contributed by atoms with Gasteiger partial charge in [-0.15, -0.1) is 0 Å². The maximum absolute atomic E-state index is 12.4. The maximum atomic E-state index is 12.4. The molecule has 5 heteroatoms. The number of rotatable bonds is 3. The number of nitrogens with one attached hydrogen (secondary N) is 1. The number of hydrogen-bond donors (Lipinski definition) is 1. The van der Waals surface area contributed by atoms with Crippen LogP contribution in [0.3, 0.4) is 0 Å². The van der Waals surface area contributed by atoms with Gasteiger partial charge in [-0.2, -0.15) is 0 Å². The summed E-state index contributed by atoms with van der Waals surface area (Å²) in [6.45, 7) is 2.60. The number of carbonyl (C=O) groups excluding carboxylic acids is 3. The van der Waals surface area contributed by atoms with Crippen molar-refractivity contribution in [1.82, 2.24) is 10.2 Å². The van der Waals surface area contributed by atoms with Crippen molar-refractivity contribution in [1.29, 1.82) is 0 Å². The van der Waals surface area contributed by atoms with E-state index in [4.69, 9.17) is 0 Å². The Morgan fingerprint density at radius 2 is 1.84 bits per heavy atom. The van der Waals surface area contributed by atoms with Gasteiger partial charge in [0.05, 0.1) is 0 Å². The molecule has 5 nitrogen and oxygen atoms in total. The minimum Gasteiger partial charge on any atom is -0.277 e. The zero-order chi connectivity index (χ0) is 13.6. The molecule has 0 aromatic heterocycles. The molecule has 2 aliphatic carbocycles. The number of hydrogen-bond acceptors (Lipinski definition) is 3. The molecular weight excluding hydrogens is 244 g/mol. The zero-order valence-electron chi connectivity index (χ0n) is 11.2. The lowest BCUT2D eigenvalue weighted by Gasteiger charge is -2.33. The Morgan fingerprint density at radius 1 is 1.21 bits per heavy atom. The second kappa shape index (κ2) is 4.62. The van der Waals surface area contributed by atoms with Crippen LogP contribution < -0.4 is 5.32 Å². The molecule has 0 bridgehead atoms. The van der Waals surface area contributed by atoms with Gasteiger partial charge in [-0.1, -0.05) is 19.8 Å². The molecular formula is C14H20N2O3. The van der Waals surface area contributed by atoms with Crippen LogP contribution in [0.15, 0.2) is 0 Å². The Bertz CT molecular complexity index is 428. The highest BCUT2D eigenvalue weighted by Crippen LogP contribution is 2.40. The number of amides is 4. The van der Waals surface area contributed by atoms with Gasteiger partial charge in [-0.25, -0.2) is 4.79 Å². The summed E-state index contributed by atoms with van der Waals surface area (Å²) in [7, 11) is 0. The first-order valence-electron chi connectivity index (χ1n) is 7.24. The first-order chi connectivity index (χ1) is 9.08. The van der Waals surface area contributed by atoms with Crippen LogP contribution in [0.1, 0.15) is 39.0 Å². The molecule has 0 aromatic carbocycles. The minimum atomic E-state index is -0.630. The zero-order valence-corrected chi connectivity index (χ0v) is 11.2. The molecule has 0 radical (unpaired) electrons. The summed E-state index contributed by atoms with van der Waals surface area (Å²) in [6, 6.07) is -0.525. The third-order valence-corrected chi connectivity index (χ3v) is 4.85. The molecule has 0 aromatic rings. The summed E-state index contributed by atoms with van der Waals surface area (Å²) in [5.41, 5.74) is 0. The molecule has 104 valence electrons. The fraction of sp³-hybridized carbons (Fsp3) is 0.786. The van der Waals surface area contributed by atoms with Crippen molar-refractivity contribution in [2.24, 2.45) is 23.7 Å². The molecule has 1 aliphatic heterocycles. The topological polar surface area (TPSA) is 66.5 Å². The third kappa shape index (κ3) is 2.26. The lowest BCUT2D eigenvalue weighted by Crippen LogP contribution is -2.59. The van der Waals surface area contributed by atoms with Crippen molar-refractivity contribution in [3.8, 4) is 0 Å². The molecule has 2 saturated carbocycles. The molecule has 1 saturated heterocycles. The lowest BCUT2D eigenvalue weighted by atomic mass is 9.87. The van der Waals surface area contributed by atoms with Crippen LogP contribution in [0, 0.1) is 23.7 Å². The molecule has 0 spiro atoms. The molecule has 19 heavy (non-hydrogen) atoms. The van der Waals surface area contributed by atoms with Gasteiger partial charge >= 0.3 is 6.03 Å². The van der Waals surface area contributed by atoms with Gasteiger partial charge in [-0.05, 0) is 37.0 Å². The smallest absolute Gasteiger partial charge is 0.277 e. The van der Waals surface area contributed by atoms with Gasteiger partial charge in [0.2, 0.25) is 11.8 Å². The number of nitrogens with zero attached hydrogens (tertiary/aromatic N) is 1. The van der Waals surface area contributed by atoms with Crippen LogP contribution in [-0.2, 0) is 9.59 Å². The van der Waals surface area contributed by atoms with E-state index >= 15 is 0 Å². The Hall–Kier alpha value is -1.39. The van der Waals surface area contributed by atoms with E-state index in [-0.39, 0.29) is 17.7 Å². The highest BCUT2D eigenvalue weighted by atomic mass is 16.2. The van der Waals surface area contributed by atoms with Crippen LogP contribution >= 0.6 is 0 Å². The highest BCUT2D eigenvalue weighted by Gasteiger charge is 2.47. The van der Waals surface area contributed by atoms with Crippen LogP contribution in [0.2, 0.25) is 0 Å². The SMILES string of the molecule is CC1CC1CN1C(=O)NC(=O)C(C2CCCC2)C1=O. The molecule has 3 atom stereocenters. The van der Waals surface area contributed by atoms with Crippen molar-refractivity contribution in [3.63, 3.8) is 0 Å². The first-order valence-corrected chi connectivity index (χ1v) is 7.24. The third-order valence-electron chi connectivity index (χ3n) is 4.85. The summed E-state index contributed by atoms with van der Waals surface area (Å²) >= 11 is 0. The maximum Gasteiger partial charge on any atom is 0.330 e. The fourth-order valence-corrected chi connectivity index (χ4v) is 3.40. The van der Waals surface area contributed by atoms with Crippen LogP contribution in [0.4, 0.5) is 4.79 Å². The number of barbiturate groups is 1. The Labute approximate surface area is 112 Å². The van der Waals surface area contributed by atoms with Crippen LogP contribution in [0.25, 0.3) is 0 Å². The normalized spacial score (nSPS) is 35.7. The second-order valence-corrected chi connectivity index (χ2v) is 6.24. The standard InChI is InChI=1S/C14H20N2O3/c1-8-6-10(8)7-16-13(18)11(9-4-2-3-5-9)12(17)15-14(16)19/h8-11H,2-7H2,1H3,(H,15,17,19). The molecule has 1 N–H and O–H groups in total.